The van der Waals surface area contributed by atoms with Gasteiger partial charge in [-0.15, -0.1) is 0 Å². The number of H-pyrrole nitrogens is 1. The molecule has 1 aromatic rings. The molecule has 0 saturated heterocycles. The largest absolute Gasteiger partial charge is 0.383 e. The molecular formula is C13H23N3O2. The maximum Gasteiger partial charge on any atom is 0.274 e. The lowest BCUT2D eigenvalue weighted by Gasteiger charge is -2.21. The van der Waals surface area contributed by atoms with E-state index >= 15 is 0 Å². The first-order chi connectivity index (χ1) is 8.65. The molecule has 0 spiro atoms. The Morgan fingerprint density at radius 2 is 2.11 bits per heavy atom. The van der Waals surface area contributed by atoms with Gasteiger partial charge >= 0.3 is 0 Å². The summed E-state index contributed by atoms with van der Waals surface area (Å²) >= 11 is 0. The summed E-state index contributed by atoms with van der Waals surface area (Å²) in [6.45, 7) is 7.93. The monoisotopic (exact) mass is 253 g/mol. The molecule has 1 rings (SSSR count). The number of aromatic nitrogens is 2. The van der Waals surface area contributed by atoms with Crippen molar-refractivity contribution in [3.63, 3.8) is 0 Å². The van der Waals surface area contributed by atoms with Crippen molar-refractivity contribution in [2.45, 2.75) is 33.6 Å². The van der Waals surface area contributed by atoms with Crippen molar-refractivity contribution in [1.29, 1.82) is 0 Å². The van der Waals surface area contributed by atoms with Crippen LogP contribution in [-0.2, 0) is 11.2 Å². The number of hydrogen-bond donors (Lipinski definition) is 1. The van der Waals surface area contributed by atoms with E-state index in [4.69, 9.17) is 4.74 Å². The minimum absolute atomic E-state index is 0.0117. The fourth-order valence-electron chi connectivity index (χ4n) is 1.92. The number of methoxy groups -OCH3 is 1. The van der Waals surface area contributed by atoms with Crippen LogP contribution in [0.25, 0.3) is 0 Å². The van der Waals surface area contributed by atoms with Crippen molar-refractivity contribution in [1.82, 2.24) is 15.1 Å². The molecule has 0 aliphatic carbocycles. The van der Waals surface area contributed by atoms with Crippen molar-refractivity contribution in [2.75, 3.05) is 26.8 Å². The number of amides is 1. The summed E-state index contributed by atoms with van der Waals surface area (Å²) in [6.07, 6.45) is 1.79. The van der Waals surface area contributed by atoms with Gasteiger partial charge in [0.2, 0.25) is 0 Å². The van der Waals surface area contributed by atoms with Crippen molar-refractivity contribution < 1.29 is 9.53 Å². The summed E-state index contributed by atoms with van der Waals surface area (Å²) in [5, 5.41) is 7.07. The van der Waals surface area contributed by atoms with E-state index in [9.17, 15) is 4.79 Å². The molecule has 0 radical (unpaired) electrons. The van der Waals surface area contributed by atoms with E-state index in [1.807, 2.05) is 13.8 Å². The lowest BCUT2D eigenvalue weighted by Crippen LogP contribution is -2.35. The van der Waals surface area contributed by atoms with E-state index < -0.39 is 0 Å². The first-order valence-corrected chi connectivity index (χ1v) is 6.47. The predicted octanol–water partition coefficient (Wildman–Crippen LogP) is 1.78. The maximum atomic E-state index is 12.4. The Balaban J connectivity index is 2.83. The van der Waals surface area contributed by atoms with Crippen LogP contribution in [0, 0.1) is 6.92 Å². The topological polar surface area (TPSA) is 58.2 Å². The summed E-state index contributed by atoms with van der Waals surface area (Å²) in [6, 6.07) is 0. The highest BCUT2D eigenvalue weighted by Gasteiger charge is 2.20. The van der Waals surface area contributed by atoms with Gasteiger partial charge in [0.25, 0.3) is 5.91 Å². The Hall–Kier alpha value is -1.36. The van der Waals surface area contributed by atoms with Crippen LogP contribution in [-0.4, -0.2) is 47.8 Å². The number of aryl methyl sites for hydroxylation is 1. The van der Waals surface area contributed by atoms with Crippen LogP contribution in [0.4, 0.5) is 0 Å². The molecule has 5 heteroatoms. The molecule has 0 bridgehead atoms. The molecule has 0 aliphatic heterocycles. The van der Waals surface area contributed by atoms with Crippen LogP contribution in [0.3, 0.4) is 0 Å². The molecule has 0 saturated carbocycles. The number of ether oxygens (including phenoxy) is 1. The lowest BCUT2D eigenvalue weighted by atomic mass is 10.1. The summed E-state index contributed by atoms with van der Waals surface area (Å²) in [4.78, 5) is 14.2. The van der Waals surface area contributed by atoms with E-state index in [0.717, 1.165) is 30.6 Å². The highest BCUT2D eigenvalue weighted by Crippen LogP contribution is 2.13. The summed E-state index contributed by atoms with van der Waals surface area (Å²) in [5.74, 6) is -0.0117. The zero-order chi connectivity index (χ0) is 13.5. The second-order valence-corrected chi connectivity index (χ2v) is 4.31. The molecule has 0 fully saturated rings. The normalized spacial score (nSPS) is 10.7. The van der Waals surface area contributed by atoms with Gasteiger partial charge in [0.1, 0.15) is 0 Å². The molecule has 5 nitrogen and oxygen atoms in total. The van der Waals surface area contributed by atoms with Crippen LogP contribution in [0.5, 0.6) is 0 Å². The van der Waals surface area contributed by atoms with Crippen LogP contribution in [0.2, 0.25) is 0 Å². The smallest absolute Gasteiger partial charge is 0.274 e. The highest BCUT2D eigenvalue weighted by molar-refractivity contribution is 5.93. The fourth-order valence-corrected chi connectivity index (χ4v) is 1.92. The number of aromatic amines is 1. The number of nitrogens with zero attached hydrogens (tertiary/aromatic N) is 2. The SMILES string of the molecule is CCCN(CCOC)C(=O)c1n[nH]c(CC)c1C. The third-order valence-corrected chi connectivity index (χ3v) is 3.01. The molecule has 0 aromatic carbocycles. The molecule has 1 heterocycles. The number of rotatable bonds is 7. The molecule has 0 unspecified atom stereocenters. The van der Waals surface area contributed by atoms with Gasteiger partial charge in [-0.2, -0.15) is 5.10 Å². The molecular weight excluding hydrogens is 230 g/mol. The van der Waals surface area contributed by atoms with Gasteiger partial charge in [0.05, 0.1) is 6.61 Å². The van der Waals surface area contributed by atoms with Gasteiger partial charge in [-0.1, -0.05) is 13.8 Å². The van der Waals surface area contributed by atoms with Crippen molar-refractivity contribution in [2.24, 2.45) is 0 Å². The van der Waals surface area contributed by atoms with Crippen molar-refractivity contribution in [3.05, 3.63) is 17.0 Å². The third-order valence-electron chi connectivity index (χ3n) is 3.01. The van der Waals surface area contributed by atoms with Gasteiger partial charge in [-0.05, 0) is 19.8 Å². The van der Waals surface area contributed by atoms with Crippen molar-refractivity contribution >= 4 is 5.91 Å². The zero-order valence-corrected chi connectivity index (χ0v) is 11.7. The molecule has 1 amide bonds. The van der Waals surface area contributed by atoms with Gasteiger partial charge in [-0.3, -0.25) is 9.89 Å². The first-order valence-electron chi connectivity index (χ1n) is 6.47. The minimum atomic E-state index is -0.0117. The van der Waals surface area contributed by atoms with Crippen LogP contribution in [0.15, 0.2) is 0 Å². The Morgan fingerprint density at radius 3 is 2.61 bits per heavy atom. The quantitative estimate of drug-likeness (QED) is 0.805. The van der Waals surface area contributed by atoms with Gasteiger partial charge < -0.3 is 9.64 Å². The van der Waals surface area contributed by atoms with Gasteiger partial charge in [-0.25, -0.2) is 0 Å². The number of carbonyl (C=O) groups is 1. The summed E-state index contributed by atoms with van der Waals surface area (Å²) in [5.41, 5.74) is 2.53. The van der Waals surface area contributed by atoms with Crippen LogP contribution < -0.4 is 0 Å². The molecule has 102 valence electrons. The third kappa shape index (κ3) is 3.32. The lowest BCUT2D eigenvalue weighted by molar-refractivity contribution is 0.0689. The van der Waals surface area contributed by atoms with Crippen LogP contribution in [0.1, 0.15) is 42.0 Å². The van der Waals surface area contributed by atoms with E-state index in [-0.39, 0.29) is 5.91 Å². The second-order valence-electron chi connectivity index (χ2n) is 4.31. The fraction of sp³-hybridized carbons (Fsp3) is 0.692. The first kappa shape index (κ1) is 14.7. The standard InChI is InChI=1S/C13H23N3O2/c1-5-7-16(8-9-18-4)13(17)12-10(3)11(6-2)14-15-12/h5-9H2,1-4H3,(H,14,15). The highest BCUT2D eigenvalue weighted by atomic mass is 16.5. The van der Waals surface area contributed by atoms with Gasteiger partial charge in [0.15, 0.2) is 5.69 Å². The Labute approximate surface area is 109 Å². The molecule has 1 aromatic heterocycles. The number of carbonyl (C=O) groups excluding carboxylic acids is 1. The Bertz CT molecular complexity index is 388. The Morgan fingerprint density at radius 1 is 1.39 bits per heavy atom. The number of nitrogens with one attached hydrogen (secondary N) is 1. The van der Waals surface area contributed by atoms with E-state index in [0.29, 0.717) is 18.8 Å². The zero-order valence-electron chi connectivity index (χ0n) is 11.7. The number of hydrogen-bond acceptors (Lipinski definition) is 3. The summed E-state index contributed by atoms with van der Waals surface area (Å²) in [7, 11) is 1.64. The molecule has 1 N–H and O–H groups in total. The van der Waals surface area contributed by atoms with Crippen molar-refractivity contribution in [3.8, 4) is 0 Å². The molecule has 0 atom stereocenters. The van der Waals surface area contributed by atoms with E-state index in [2.05, 4.69) is 17.1 Å². The van der Waals surface area contributed by atoms with Crippen LogP contribution >= 0.6 is 0 Å². The van der Waals surface area contributed by atoms with E-state index in [1.165, 1.54) is 0 Å². The van der Waals surface area contributed by atoms with E-state index in [1.54, 1.807) is 12.0 Å². The molecule has 18 heavy (non-hydrogen) atoms. The summed E-state index contributed by atoms with van der Waals surface area (Å²) < 4.78 is 5.04. The second kappa shape index (κ2) is 7.16. The maximum absolute atomic E-state index is 12.4. The average Bonchev–Trinajstić information content (AvgIpc) is 2.74. The van der Waals surface area contributed by atoms with Gasteiger partial charge in [0, 0.05) is 31.5 Å². The minimum Gasteiger partial charge on any atom is -0.383 e. The predicted molar refractivity (Wildman–Crippen MR) is 70.8 cm³/mol. The average molecular weight is 253 g/mol. The molecule has 0 aliphatic rings. The Kier molecular flexibility index (Phi) is 5.85.